The first-order valence-electron chi connectivity index (χ1n) is 5.88. The molecule has 0 saturated carbocycles. The predicted molar refractivity (Wildman–Crippen MR) is 73.3 cm³/mol. The van der Waals surface area contributed by atoms with Crippen LogP contribution in [0, 0.1) is 0 Å². The van der Waals surface area contributed by atoms with Gasteiger partial charge in [0.1, 0.15) is 0 Å². The van der Waals surface area contributed by atoms with Crippen LogP contribution in [0.4, 0.5) is 0 Å². The molecule has 0 aromatic heterocycles. The van der Waals surface area contributed by atoms with Crippen LogP contribution >= 0.6 is 0 Å². The summed E-state index contributed by atoms with van der Waals surface area (Å²) in [5.74, 6) is -0.464. The number of benzene rings is 2. The molecule has 0 atom stereocenters. The van der Waals surface area contributed by atoms with Crippen LogP contribution in [0.25, 0.3) is 11.1 Å². The molecule has 0 spiro atoms. The minimum atomic E-state index is -0.464. The van der Waals surface area contributed by atoms with E-state index in [4.69, 9.17) is 5.73 Å². The van der Waals surface area contributed by atoms with Gasteiger partial charge in [0.2, 0.25) is 12.3 Å². The molecule has 0 bridgehead atoms. The van der Waals surface area contributed by atoms with Crippen molar-refractivity contribution in [3.05, 3.63) is 59.7 Å². The fourth-order valence-corrected chi connectivity index (χ4v) is 2.02. The number of nitrogens with two attached hydrogens (primary N) is 1. The van der Waals surface area contributed by atoms with Gasteiger partial charge in [0.05, 0.1) is 0 Å². The number of primary amides is 1. The molecule has 0 aliphatic heterocycles. The van der Waals surface area contributed by atoms with Gasteiger partial charge in [-0.15, -0.1) is 0 Å². The molecule has 4 heteroatoms. The van der Waals surface area contributed by atoms with Crippen LogP contribution in [0.2, 0.25) is 0 Å². The van der Waals surface area contributed by atoms with Gasteiger partial charge in [-0.05, 0) is 22.8 Å². The summed E-state index contributed by atoms with van der Waals surface area (Å²) < 4.78 is 0. The van der Waals surface area contributed by atoms with E-state index in [9.17, 15) is 9.59 Å². The molecule has 96 valence electrons. The largest absolute Gasteiger partial charge is 0.366 e. The summed E-state index contributed by atoms with van der Waals surface area (Å²) in [6, 6.07) is 14.8. The van der Waals surface area contributed by atoms with Crippen LogP contribution in [-0.2, 0) is 11.3 Å². The Morgan fingerprint density at radius 2 is 1.68 bits per heavy atom. The molecule has 2 rings (SSSR count). The lowest BCUT2D eigenvalue weighted by Crippen LogP contribution is -2.14. The summed E-state index contributed by atoms with van der Waals surface area (Å²) in [4.78, 5) is 21.9. The second-order valence-electron chi connectivity index (χ2n) is 4.07. The van der Waals surface area contributed by atoms with Gasteiger partial charge >= 0.3 is 0 Å². The summed E-state index contributed by atoms with van der Waals surface area (Å²) in [5.41, 5.74) is 8.47. The third kappa shape index (κ3) is 2.80. The van der Waals surface area contributed by atoms with Crippen molar-refractivity contribution in [2.45, 2.75) is 6.54 Å². The molecule has 2 aromatic carbocycles. The molecular formula is C15H14N2O2. The SMILES string of the molecule is NC(=O)c1ccccc1-c1ccccc1CNC=O. The van der Waals surface area contributed by atoms with Gasteiger partial charge in [-0.1, -0.05) is 42.5 Å². The van der Waals surface area contributed by atoms with Crippen LogP contribution in [0.5, 0.6) is 0 Å². The molecule has 0 aliphatic rings. The molecule has 2 aromatic rings. The lowest BCUT2D eigenvalue weighted by Gasteiger charge is -2.11. The predicted octanol–water partition coefficient (Wildman–Crippen LogP) is 1.70. The summed E-state index contributed by atoms with van der Waals surface area (Å²) in [5, 5.41) is 2.63. The van der Waals surface area contributed by atoms with Crippen LogP contribution in [-0.4, -0.2) is 12.3 Å². The molecule has 0 saturated heterocycles. The Labute approximate surface area is 111 Å². The number of carbonyl (C=O) groups is 2. The topological polar surface area (TPSA) is 72.2 Å². The van der Waals surface area contributed by atoms with Crippen LogP contribution in [0.15, 0.2) is 48.5 Å². The number of hydrogen-bond acceptors (Lipinski definition) is 2. The normalized spacial score (nSPS) is 9.89. The molecule has 4 nitrogen and oxygen atoms in total. The van der Waals surface area contributed by atoms with E-state index < -0.39 is 5.91 Å². The Morgan fingerprint density at radius 1 is 1.05 bits per heavy atom. The maximum atomic E-state index is 11.5. The number of hydrogen-bond donors (Lipinski definition) is 2. The van der Waals surface area contributed by atoms with Crippen molar-refractivity contribution in [3.8, 4) is 11.1 Å². The minimum Gasteiger partial charge on any atom is -0.366 e. The lowest BCUT2D eigenvalue weighted by atomic mass is 9.95. The monoisotopic (exact) mass is 254 g/mol. The number of rotatable bonds is 5. The average Bonchev–Trinajstić information content (AvgIpc) is 2.45. The van der Waals surface area contributed by atoms with E-state index in [2.05, 4.69) is 5.32 Å². The molecule has 0 fully saturated rings. The van der Waals surface area contributed by atoms with Crippen molar-refractivity contribution >= 4 is 12.3 Å². The molecule has 2 amide bonds. The second kappa shape index (κ2) is 5.82. The highest BCUT2D eigenvalue weighted by molar-refractivity contribution is 6.00. The zero-order valence-corrected chi connectivity index (χ0v) is 10.3. The zero-order chi connectivity index (χ0) is 13.7. The van der Waals surface area contributed by atoms with Crippen LogP contribution in [0.1, 0.15) is 15.9 Å². The first kappa shape index (κ1) is 12.8. The van der Waals surface area contributed by atoms with Crippen molar-refractivity contribution < 1.29 is 9.59 Å². The summed E-state index contributed by atoms with van der Waals surface area (Å²) in [6.07, 6.45) is 0.650. The summed E-state index contributed by atoms with van der Waals surface area (Å²) >= 11 is 0. The smallest absolute Gasteiger partial charge is 0.249 e. The first-order chi connectivity index (χ1) is 9.24. The average molecular weight is 254 g/mol. The zero-order valence-electron chi connectivity index (χ0n) is 10.3. The van der Waals surface area contributed by atoms with E-state index in [1.54, 1.807) is 12.1 Å². The fraction of sp³-hybridized carbons (Fsp3) is 0.0667. The van der Waals surface area contributed by atoms with Gasteiger partial charge in [0.25, 0.3) is 0 Å². The Bertz CT molecular complexity index is 609. The van der Waals surface area contributed by atoms with Crippen molar-refractivity contribution in [1.82, 2.24) is 5.32 Å². The van der Waals surface area contributed by atoms with Gasteiger partial charge in [-0.3, -0.25) is 9.59 Å². The van der Waals surface area contributed by atoms with Crippen molar-refractivity contribution in [3.63, 3.8) is 0 Å². The van der Waals surface area contributed by atoms with Gasteiger partial charge in [-0.2, -0.15) is 0 Å². The molecule has 3 N–H and O–H groups in total. The molecule has 0 unspecified atom stereocenters. The van der Waals surface area contributed by atoms with Crippen molar-refractivity contribution in [2.24, 2.45) is 5.73 Å². The summed E-state index contributed by atoms with van der Waals surface area (Å²) in [7, 11) is 0. The van der Waals surface area contributed by atoms with Crippen LogP contribution < -0.4 is 11.1 Å². The van der Waals surface area contributed by atoms with Gasteiger partial charge in [-0.25, -0.2) is 0 Å². The Balaban J connectivity index is 2.52. The third-order valence-electron chi connectivity index (χ3n) is 2.88. The third-order valence-corrected chi connectivity index (χ3v) is 2.88. The van der Waals surface area contributed by atoms with Gasteiger partial charge in [0, 0.05) is 12.1 Å². The van der Waals surface area contributed by atoms with E-state index >= 15 is 0 Å². The maximum absolute atomic E-state index is 11.5. The molecular weight excluding hydrogens is 240 g/mol. The Kier molecular flexibility index (Phi) is 3.93. The lowest BCUT2D eigenvalue weighted by molar-refractivity contribution is -0.109. The highest BCUT2D eigenvalue weighted by atomic mass is 16.1. The minimum absolute atomic E-state index is 0.409. The van der Waals surface area contributed by atoms with E-state index in [1.165, 1.54) is 0 Å². The molecule has 0 radical (unpaired) electrons. The standard InChI is InChI=1S/C15H14N2O2/c16-15(19)14-8-4-3-7-13(14)12-6-2-1-5-11(12)9-17-10-18/h1-8,10H,9H2,(H2,16,19)(H,17,18). The number of carbonyl (C=O) groups excluding carboxylic acids is 2. The van der Waals surface area contributed by atoms with Crippen molar-refractivity contribution in [2.75, 3.05) is 0 Å². The van der Waals surface area contributed by atoms with E-state index in [-0.39, 0.29) is 0 Å². The quantitative estimate of drug-likeness (QED) is 0.797. The van der Waals surface area contributed by atoms with Gasteiger partial charge < -0.3 is 11.1 Å². The van der Waals surface area contributed by atoms with E-state index in [0.717, 1.165) is 16.7 Å². The highest BCUT2D eigenvalue weighted by Gasteiger charge is 2.11. The maximum Gasteiger partial charge on any atom is 0.249 e. The fourth-order valence-electron chi connectivity index (χ4n) is 2.02. The highest BCUT2D eigenvalue weighted by Crippen LogP contribution is 2.26. The summed E-state index contributed by atoms with van der Waals surface area (Å²) in [6.45, 7) is 0.409. The number of nitrogens with one attached hydrogen (secondary N) is 1. The van der Waals surface area contributed by atoms with E-state index in [0.29, 0.717) is 18.5 Å². The Morgan fingerprint density at radius 3 is 2.37 bits per heavy atom. The van der Waals surface area contributed by atoms with Crippen LogP contribution in [0.3, 0.4) is 0 Å². The molecule has 19 heavy (non-hydrogen) atoms. The number of amides is 2. The molecule has 0 aliphatic carbocycles. The molecule has 0 heterocycles. The van der Waals surface area contributed by atoms with Crippen molar-refractivity contribution in [1.29, 1.82) is 0 Å². The second-order valence-corrected chi connectivity index (χ2v) is 4.07. The first-order valence-corrected chi connectivity index (χ1v) is 5.88. The Hall–Kier alpha value is -2.62. The van der Waals surface area contributed by atoms with E-state index in [1.807, 2.05) is 36.4 Å². The van der Waals surface area contributed by atoms with Gasteiger partial charge in [0.15, 0.2) is 0 Å².